The summed E-state index contributed by atoms with van der Waals surface area (Å²) in [5.74, 6) is 0. The van der Waals surface area contributed by atoms with Crippen LogP contribution in [0.1, 0.15) is 50.5 Å². The van der Waals surface area contributed by atoms with E-state index in [4.69, 9.17) is 0 Å². The van der Waals surface area contributed by atoms with Crippen molar-refractivity contribution in [2.75, 3.05) is 0 Å². The van der Waals surface area contributed by atoms with Gasteiger partial charge in [0.2, 0.25) is 5.17 Å². The second kappa shape index (κ2) is 6.68. The van der Waals surface area contributed by atoms with Crippen LogP contribution in [0.5, 0.6) is 0 Å². The smallest absolute Gasteiger partial charge is 0.270 e. The first kappa shape index (κ1) is 16.4. The first-order chi connectivity index (χ1) is 12.2. The van der Waals surface area contributed by atoms with Gasteiger partial charge in [-0.2, -0.15) is 5.10 Å². The van der Waals surface area contributed by atoms with Gasteiger partial charge in [0, 0.05) is 23.1 Å². The summed E-state index contributed by atoms with van der Waals surface area (Å²) in [7, 11) is 0. The van der Waals surface area contributed by atoms with Crippen LogP contribution in [-0.2, 0) is 0 Å². The summed E-state index contributed by atoms with van der Waals surface area (Å²) in [5.41, 5.74) is 8.58. The number of hydrogen-bond donors (Lipinski definition) is 2. The largest absolute Gasteiger partial charge is 0.286 e. The second-order valence-corrected chi connectivity index (χ2v) is 7.57. The number of nitrogens with zero attached hydrogens (tertiary/aromatic N) is 3. The third-order valence-corrected chi connectivity index (χ3v) is 5.79. The molecule has 0 unspecified atom stereocenters. The van der Waals surface area contributed by atoms with Gasteiger partial charge in [0.15, 0.2) is 0 Å². The topological polar surface area (TPSA) is 82.8 Å². The van der Waals surface area contributed by atoms with Crippen LogP contribution in [0.3, 0.4) is 0 Å². The first-order valence-electron chi connectivity index (χ1n) is 8.71. The van der Waals surface area contributed by atoms with Crippen LogP contribution < -0.4 is 10.9 Å². The van der Waals surface area contributed by atoms with Gasteiger partial charge in [0.1, 0.15) is 5.66 Å². The van der Waals surface area contributed by atoms with Gasteiger partial charge in [-0.05, 0) is 25.7 Å². The number of nitro benzene ring substituents is 1. The van der Waals surface area contributed by atoms with Crippen LogP contribution in [0.25, 0.3) is 5.70 Å². The molecule has 0 atom stereocenters. The number of fused-ring (bicyclic) bond motifs is 1. The zero-order chi connectivity index (χ0) is 17.3. The Hall–Kier alpha value is -2.06. The molecule has 2 aliphatic heterocycles. The molecule has 1 aromatic carbocycles. The number of hydrazine groups is 1. The average molecular weight is 359 g/mol. The fourth-order valence-electron chi connectivity index (χ4n) is 3.60. The minimum Gasteiger partial charge on any atom is -0.286 e. The monoisotopic (exact) mass is 359 g/mol. The number of benzene rings is 1. The van der Waals surface area contributed by atoms with Crippen molar-refractivity contribution in [3.8, 4) is 0 Å². The molecular weight excluding hydrogens is 338 g/mol. The van der Waals surface area contributed by atoms with E-state index >= 15 is 0 Å². The van der Waals surface area contributed by atoms with Crippen molar-refractivity contribution in [2.24, 2.45) is 5.10 Å². The molecule has 8 heteroatoms. The van der Waals surface area contributed by atoms with Crippen molar-refractivity contribution in [1.29, 1.82) is 0 Å². The maximum atomic E-state index is 11.1. The Balaban J connectivity index is 1.60. The lowest BCUT2D eigenvalue weighted by Crippen LogP contribution is -2.64. The van der Waals surface area contributed by atoms with Crippen LogP contribution in [0.2, 0.25) is 0 Å². The first-order valence-corrected chi connectivity index (χ1v) is 9.59. The Bertz CT molecular complexity index is 740. The SMILES string of the molecule is O=[N+]([O-])c1cccc(C2=CSC3=NNC4(CCCCCCC4)NN23)c1. The van der Waals surface area contributed by atoms with E-state index in [2.05, 4.69) is 16.0 Å². The highest BCUT2D eigenvalue weighted by atomic mass is 32.2. The molecule has 0 radical (unpaired) electrons. The highest BCUT2D eigenvalue weighted by molar-refractivity contribution is 8.16. The molecule has 25 heavy (non-hydrogen) atoms. The summed E-state index contributed by atoms with van der Waals surface area (Å²) in [6, 6.07) is 6.76. The van der Waals surface area contributed by atoms with Gasteiger partial charge in [-0.3, -0.25) is 15.5 Å². The number of thioether (sulfide) groups is 1. The van der Waals surface area contributed by atoms with Crippen molar-refractivity contribution in [1.82, 2.24) is 15.9 Å². The molecule has 1 fully saturated rings. The number of hydrazone groups is 1. The molecule has 0 aromatic heterocycles. The van der Waals surface area contributed by atoms with E-state index in [1.165, 1.54) is 49.9 Å². The zero-order valence-corrected chi connectivity index (χ0v) is 14.7. The van der Waals surface area contributed by atoms with Gasteiger partial charge in [0.25, 0.3) is 5.69 Å². The Morgan fingerprint density at radius 1 is 1.20 bits per heavy atom. The Morgan fingerprint density at radius 3 is 2.72 bits per heavy atom. The quantitative estimate of drug-likeness (QED) is 0.618. The molecule has 1 spiro atoms. The lowest BCUT2D eigenvalue weighted by Gasteiger charge is -2.43. The molecule has 4 rings (SSSR count). The van der Waals surface area contributed by atoms with E-state index in [1.54, 1.807) is 12.1 Å². The molecule has 1 saturated carbocycles. The van der Waals surface area contributed by atoms with Crippen molar-refractivity contribution in [2.45, 2.75) is 50.6 Å². The third kappa shape index (κ3) is 3.23. The molecule has 2 N–H and O–H groups in total. The van der Waals surface area contributed by atoms with Gasteiger partial charge in [-0.1, -0.05) is 43.2 Å². The van der Waals surface area contributed by atoms with Gasteiger partial charge >= 0.3 is 0 Å². The van der Waals surface area contributed by atoms with Crippen LogP contribution in [0.4, 0.5) is 5.69 Å². The number of hydrogen-bond acceptors (Lipinski definition) is 7. The minimum absolute atomic E-state index is 0.101. The van der Waals surface area contributed by atoms with E-state index in [0.29, 0.717) is 0 Å². The number of non-ortho nitro benzene ring substituents is 1. The summed E-state index contributed by atoms with van der Waals surface area (Å²) in [6.45, 7) is 0. The van der Waals surface area contributed by atoms with E-state index in [0.717, 1.165) is 29.3 Å². The summed E-state index contributed by atoms with van der Waals surface area (Å²) < 4.78 is 0. The lowest BCUT2D eigenvalue weighted by atomic mass is 9.91. The molecule has 1 aliphatic carbocycles. The lowest BCUT2D eigenvalue weighted by molar-refractivity contribution is -0.384. The van der Waals surface area contributed by atoms with Crippen LogP contribution >= 0.6 is 11.8 Å². The minimum atomic E-state index is -0.358. The number of nitro groups is 1. The summed E-state index contributed by atoms with van der Waals surface area (Å²) in [4.78, 5) is 10.7. The number of rotatable bonds is 2. The average Bonchev–Trinajstić information content (AvgIpc) is 3.01. The standard InChI is InChI=1S/C17H21N5O2S/c23-22(24)14-8-6-7-13(11-14)15-12-25-16-18-19-17(20-21(15)16)9-4-2-1-3-5-10-17/h6-8,11-12,19-20H,1-5,9-10H2. The third-order valence-electron chi connectivity index (χ3n) is 4.96. The second-order valence-electron chi connectivity index (χ2n) is 6.73. The van der Waals surface area contributed by atoms with Crippen molar-refractivity contribution >= 4 is 28.3 Å². The highest BCUT2D eigenvalue weighted by Gasteiger charge is 2.39. The van der Waals surface area contributed by atoms with Crippen LogP contribution in [-0.4, -0.2) is 20.8 Å². The Labute approximate surface area is 150 Å². The highest BCUT2D eigenvalue weighted by Crippen LogP contribution is 2.37. The van der Waals surface area contributed by atoms with E-state index < -0.39 is 0 Å². The summed E-state index contributed by atoms with van der Waals surface area (Å²) in [6.07, 6.45) is 8.20. The number of nitrogens with one attached hydrogen (secondary N) is 2. The Morgan fingerprint density at radius 2 is 1.96 bits per heavy atom. The van der Waals surface area contributed by atoms with Gasteiger partial charge in [-0.15, -0.1) is 0 Å². The predicted octanol–water partition coefficient (Wildman–Crippen LogP) is 3.76. The summed E-state index contributed by atoms with van der Waals surface area (Å²) >= 11 is 1.52. The van der Waals surface area contributed by atoms with Gasteiger partial charge in [-0.25, -0.2) is 10.4 Å². The summed E-state index contributed by atoms with van der Waals surface area (Å²) in [5, 5.41) is 20.5. The molecule has 0 bridgehead atoms. The van der Waals surface area contributed by atoms with Crippen molar-refractivity contribution < 1.29 is 4.92 Å². The van der Waals surface area contributed by atoms with Crippen LogP contribution in [0.15, 0.2) is 34.8 Å². The molecule has 1 aromatic rings. The molecule has 0 saturated heterocycles. The van der Waals surface area contributed by atoms with E-state index in [1.807, 2.05) is 16.5 Å². The van der Waals surface area contributed by atoms with E-state index in [9.17, 15) is 10.1 Å². The van der Waals surface area contributed by atoms with Gasteiger partial charge < -0.3 is 0 Å². The molecule has 0 amide bonds. The molecular formula is C17H21N5O2S. The maximum absolute atomic E-state index is 11.1. The van der Waals surface area contributed by atoms with Crippen molar-refractivity contribution in [3.05, 3.63) is 45.4 Å². The molecule has 3 aliphatic rings. The molecule has 2 heterocycles. The predicted molar refractivity (Wildman–Crippen MR) is 99.3 cm³/mol. The zero-order valence-electron chi connectivity index (χ0n) is 13.9. The normalized spacial score (nSPS) is 22.3. The van der Waals surface area contributed by atoms with Crippen molar-refractivity contribution in [3.63, 3.8) is 0 Å². The van der Waals surface area contributed by atoms with Gasteiger partial charge in [0.05, 0.1) is 10.6 Å². The van der Waals surface area contributed by atoms with E-state index in [-0.39, 0.29) is 16.3 Å². The maximum Gasteiger partial charge on any atom is 0.270 e. The fraction of sp³-hybridized carbons (Fsp3) is 0.471. The molecule has 7 nitrogen and oxygen atoms in total. The van der Waals surface area contributed by atoms with Crippen LogP contribution in [0, 0.1) is 10.1 Å². The fourth-order valence-corrected chi connectivity index (χ4v) is 4.41. The number of amidine groups is 1. The molecule has 132 valence electrons. The Kier molecular flexibility index (Phi) is 4.39.